The first-order chi connectivity index (χ1) is 10.0. The molecule has 0 fully saturated rings. The van der Waals surface area contributed by atoms with Gasteiger partial charge in [-0.1, -0.05) is 13.3 Å². The van der Waals surface area contributed by atoms with E-state index in [0.717, 1.165) is 25.8 Å². The normalized spacial score (nSPS) is 10.7. The highest BCUT2D eigenvalue weighted by Gasteiger charge is 2.08. The maximum Gasteiger partial charge on any atom is 0.251 e. The third-order valence-electron chi connectivity index (χ3n) is 3.10. The molecule has 0 heterocycles. The molecule has 1 aromatic carbocycles. The van der Waals surface area contributed by atoms with Crippen LogP contribution in [0.4, 0.5) is 5.69 Å². The van der Waals surface area contributed by atoms with E-state index in [1.807, 2.05) is 14.1 Å². The number of nitrogen functional groups attached to an aromatic ring is 1. The minimum atomic E-state index is -0.0967. The molecule has 1 rings (SSSR count). The van der Waals surface area contributed by atoms with Gasteiger partial charge in [-0.25, -0.2) is 0 Å². The van der Waals surface area contributed by atoms with Crippen molar-refractivity contribution < 1.29 is 9.53 Å². The van der Waals surface area contributed by atoms with Crippen molar-refractivity contribution in [2.75, 3.05) is 39.5 Å². The molecule has 0 unspecified atom stereocenters. The zero-order chi connectivity index (χ0) is 15.7. The predicted octanol–water partition coefficient (Wildman–Crippen LogP) is 2.13. The van der Waals surface area contributed by atoms with E-state index in [-0.39, 0.29) is 5.91 Å². The molecule has 118 valence electrons. The van der Waals surface area contributed by atoms with Gasteiger partial charge in [-0.2, -0.15) is 0 Å². The fourth-order valence-electron chi connectivity index (χ4n) is 1.85. The number of unbranched alkanes of at least 4 members (excludes halogenated alkanes) is 1. The molecule has 0 radical (unpaired) electrons. The van der Waals surface area contributed by atoms with Gasteiger partial charge in [-0.15, -0.1) is 0 Å². The number of carbonyl (C=O) groups is 1. The Hall–Kier alpha value is -1.75. The summed E-state index contributed by atoms with van der Waals surface area (Å²) < 4.78 is 5.57. The number of rotatable bonds is 9. The van der Waals surface area contributed by atoms with E-state index < -0.39 is 0 Å². The van der Waals surface area contributed by atoms with Crippen molar-refractivity contribution in [2.24, 2.45) is 0 Å². The summed E-state index contributed by atoms with van der Waals surface area (Å²) in [6.07, 6.45) is 2.99. The third-order valence-corrected chi connectivity index (χ3v) is 3.10. The SMILES string of the molecule is CCCCOc1ccc(C(=O)NCCCN(C)C)cc1N. The van der Waals surface area contributed by atoms with E-state index in [4.69, 9.17) is 10.5 Å². The Labute approximate surface area is 127 Å². The summed E-state index contributed by atoms with van der Waals surface area (Å²) >= 11 is 0. The van der Waals surface area contributed by atoms with Crippen LogP contribution in [0.5, 0.6) is 5.75 Å². The summed E-state index contributed by atoms with van der Waals surface area (Å²) in [5.74, 6) is 0.549. The molecule has 0 aliphatic heterocycles. The van der Waals surface area contributed by atoms with E-state index in [2.05, 4.69) is 17.1 Å². The van der Waals surface area contributed by atoms with Crippen LogP contribution in [0.25, 0.3) is 0 Å². The van der Waals surface area contributed by atoms with E-state index in [1.54, 1.807) is 18.2 Å². The van der Waals surface area contributed by atoms with E-state index >= 15 is 0 Å². The van der Waals surface area contributed by atoms with Crippen LogP contribution in [0.1, 0.15) is 36.5 Å². The lowest BCUT2D eigenvalue weighted by molar-refractivity contribution is 0.0952. The van der Waals surface area contributed by atoms with Crippen LogP contribution in [-0.4, -0.2) is 44.6 Å². The van der Waals surface area contributed by atoms with Crippen LogP contribution in [-0.2, 0) is 0 Å². The average molecular weight is 293 g/mol. The minimum Gasteiger partial charge on any atom is -0.491 e. The van der Waals surface area contributed by atoms with Crippen molar-refractivity contribution in [3.05, 3.63) is 23.8 Å². The van der Waals surface area contributed by atoms with Gasteiger partial charge in [0, 0.05) is 12.1 Å². The molecule has 0 saturated carbocycles. The summed E-state index contributed by atoms with van der Waals surface area (Å²) in [4.78, 5) is 14.1. The first-order valence-electron chi connectivity index (χ1n) is 7.49. The van der Waals surface area contributed by atoms with Crippen LogP contribution in [0.2, 0.25) is 0 Å². The van der Waals surface area contributed by atoms with Crippen LogP contribution in [0.3, 0.4) is 0 Å². The van der Waals surface area contributed by atoms with Crippen molar-refractivity contribution in [2.45, 2.75) is 26.2 Å². The molecule has 1 amide bonds. The zero-order valence-electron chi connectivity index (χ0n) is 13.3. The lowest BCUT2D eigenvalue weighted by Gasteiger charge is -2.11. The number of benzene rings is 1. The summed E-state index contributed by atoms with van der Waals surface area (Å²) in [7, 11) is 4.03. The Kier molecular flexibility index (Phi) is 7.61. The number of carbonyl (C=O) groups excluding carboxylic acids is 1. The fourth-order valence-corrected chi connectivity index (χ4v) is 1.85. The standard InChI is InChI=1S/C16H27N3O2/c1-4-5-11-21-15-8-7-13(12-14(15)17)16(20)18-9-6-10-19(2)3/h7-8,12H,4-6,9-11,17H2,1-3H3,(H,18,20). The second-order valence-corrected chi connectivity index (χ2v) is 5.37. The molecule has 21 heavy (non-hydrogen) atoms. The van der Waals surface area contributed by atoms with Gasteiger partial charge < -0.3 is 20.7 Å². The minimum absolute atomic E-state index is 0.0967. The number of nitrogens with two attached hydrogens (primary N) is 1. The first-order valence-corrected chi connectivity index (χ1v) is 7.49. The van der Waals surface area contributed by atoms with Gasteiger partial charge in [0.25, 0.3) is 5.91 Å². The van der Waals surface area contributed by atoms with Gasteiger partial charge in [-0.3, -0.25) is 4.79 Å². The van der Waals surface area contributed by atoms with Crippen molar-refractivity contribution in [3.63, 3.8) is 0 Å². The van der Waals surface area contributed by atoms with Gasteiger partial charge in [0.1, 0.15) is 5.75 Å². The third kappa shape index (κ3) is 6.49. The van der Waals surface area contributed by atoms with E-state index in [1.165, 1.54) is 0 Å². The second-order valence-electron chi connectivity index (χ2n) is 5.37. The van der Waals surface area contributed by atoms with Crippen LogP contribution >= 0.6 is 0 Å². The number of amides is 1. The van der Waals surface area contributed by atoms with Gasteiger partial charge >= 0.3 is 0 Å². The van der Waals surface area contributed by atoms with Crippen LogP contribution in [0.15, 0.2) is 18.2 Å². The summed E-state index contributed by atoms with van der Waals surface area (Å²) in [6, 6.07) is 5.18. The van der Waals surface area contributed by atoms with Crippen molar-refractivity contribution >= 4 is 11.6 Å². The molecule has 1 aromatic rings. The second kappa shape index (κ2) is 9.23. The maximum atomic E-state index is 12.0. The molecule has 5 nitrogen and oxygen atoms in total. The average Bonchev–Trinajstić information content (AvgIpc) is 2.45. The lowest BCUT2D eigenvalue weighted by Crippen LogP contribution is -2.27. The molecule has 0 aliphatic carbocycles. The Bertz CT molecular complexity index is 447. The Balaban J connectivity index is 2.47. The van der Waals surface area contributed by atoms with E-state index in [0.29, 0.717) is 30.2 Å². The van der Waals surface area contributed by atoms with Crippen LogP contribution in [0, 0.1) is 0 Å². The number of anilines is 1. The Morgan fingerprint density at radius 1 is 1.33 bits per heavy atom. The zero-order valence-corrected chi connectivity index (χ0v) is 13.3. The molecule has 0 aliphatic rings. The molecular weight excluding hydrogens is 266 g/mol. The number of nitrogens with one attached hydrogen (secondary N) is 1. The number of nitrogens with zero attached hydrogens (tertiary/aromatic N) is 1. The highest BCUT2D eigenvalue weighted by Crippen LogP contribution is 2.22. The summed E-state index contributed by atoms with van der Waals surface area (Å²) in [5, 5.41) is 2.89. The maximum absolute atomic E-state index is 12.0. The molecule has 0 bridgehead atoms. The quantitative estimate of drug-likeness (QED) is 0.540. The van der Waals surface area contributed by atoms with Gasteiger partial charge in [0.05, 0.1) is 12.3 Å². The number of ether oxygens (including phenoxy) is 1. The highest BCUT2D eigenvalue weighted by atomic mass is 16.5. The molecule has 0 atom stereocenters. The monoisotopic (exact) mass is 293 g/mol. The van der Waals surface area contributed by atoms with E-state index in [9.17, 15) is 4.79 Å². The van der Waals surface area contributed by atoms with Crippen LogP contribution < -0.4 is 15.8 Å². The topological polar surface area (TPSA) is 67.6 Å². The lowest BCUT2D eigenvalue weighted by atomic mass is 10.1. The Morgan fingerprint density at radius 3 is 2.71 bits per heavy atom. The van der Waals surface area contributed by atoms with Crippen molar-refractivity contribution in [1.29, 1.82) is 0 Å². The molecular formula is C16H27N3O2. The molecule has 0 spiro atoms. The van der Waals surface area contributed by atoms with Gasteiger partial charge in [-0.05, 0) is 51.7 Å². The fraction of sp³-hybridized carbons (Fsp3) is 0.562. The van der Waals surface area contributed by atoms with Crippen molar-refractivity contribution in [3.8, 4) is 5.75 Å². The summed E-state index contributed by atoms with van der Waals surface area (Å²) in [6.45, 7) is 4.37. The Morgan fingerprint density at radius 2 is 2.10 bits per heavy atom. The van der Waals surface area contributed by atoms with Crippen molar-refractivity contribution in [1.82, 2.24) is 10.2 Å². The molecule has 0 saturated heterocycles. The smallest absolute Gasteiger partial charge is 0.251 e. The molecule has 5 heteroatoms. The first kappa shape index (κ1) is 17.3. The largest absolute Gasteiger partial charge is 0.491 e. The molecule has 3 N–H and O–H groups in total. The highest BCUT2D eigenvalue weighted by molar-refractivity contribution is 5.95. The number of hydrogen-bond donors (Lipinski definition) is 2. The predicted molar refractivity (Wildman–Crippen MR) is 86.8 cm³/mol. The number of hydrogen-bond acceptors (Lipinski definition) is 4. The molecule has 0 aromatic heterocycles. The van der Waals surface area contributed by atoms with Gasteiger partial charge in [0.2, 0.25) is 0 Å². The summed E-state index contributed by atoms with van der Waals surface area (Å²) in [5.41, 5.74) is 7.00. The van der Waals surface area contributed by atoms with Gasteiger partial charge in [0.15, 0.2) is 0 Å².